The van der Waals surface area contributed by atoms with Crippen molar-refractivity contribution in [3.8, 4) is 11.6 Å². The van der Waals surface area contributed by atoms with Crippen LogP contribution in [0.15, 0.2) is 27.3 Å². The molecule has 1 saturated heterocycles. The first-order chi connectivity index (χ1) is 11.8. The molecule has 1 N–H and O–H groups in total. The summed E-state index contributed by atoms with van der Waals surface area (Å²) in [5, 5.41) is 7.00. The number of rotatable bonds is 6. The summed E-state index contributed by atoms with van der Waals surface area (Å²) >= 11 is 0. The Labute approximate surface area is 140 Å². The second-order valence-electron chi connectivity index (χ2n) is 6.60. The molecule has 0 bridgehead atoms. The molecule has 0 aromatic carbocycles. The topological polar surface area (TPSA) is 84.4 Å². The molecule has 0 spiro atoms. The van der Waals surface area contributed by atoms with Crippen molar-refractivity contribution in [1.82, 2.24) is 20.4 Å². The molecule has 0 radical (unpaired) electrons. The molecular weight excluding hydrogens is 308 g/mol. The first-order valence-corrected chi connectivity index (χ1v) is 8.68. The number of carbonyl (C=O) groups is 1. The molecular formula is C17H22N4O3. The van der Waals surface area contributed by atoms with Gasteiger partial charge >= 0.3 is 0 Å². The summed E-state index contributed by atoms with van der Waals surface area (Å²) in [6.45, 7) is 2.21. The van der Waals surface area contributed by atoms with Crippen molar-refractivity contribution in [1.29, 1.82) is 0 Å². The number of furan rings is 1. The third-order valence-corrected chi connectivity index (χ3v) is 4.73. The van der Waals surface area contributed by atoms with Gasteiger partial charge in [0.05, 0.1) is 6.26 Å². The van der Waals surface area contributed by atoms with Gasteiger partial charge in [0.25, 0.3) is 0 Å². The highest BCUT2D eigenvalue weighted by molar-refractivity contribution is 5.76. The highest BCUT2D eigenvalue weighted by atomic mass is 16.5. The maximum Gasteiger partial charge on any atom is 0.238 e. The van der Waals surface area contributed by atoms with Gasteiger partial charge in [-0.2, -0.15) is 4.98 Å². The molecule has 1 saturated carbocycles. The summed E-state index contributed by atoms with van der Waals surface area (Å²) in [5.41, 5.74) is 0. The van der Waals surface area contributed by atoms with Gasteiger partial charge < -0.3 is 19.2 Å². The van der Waals surface area contributed by atoms with Crippen molar-refractivity contribution < 1.29 is 13.7 Å². The largest absolute Gasteiger partial charge is 0.461 e. The van der Waals surface area contributed by atoms with Gasteiger partial charge in [0, 0.05) is 38.0 Å². The van der Waals surface area contributed by atoms with E-state index in [4.69, 9.17) is 8.94 Å². The summed E-state index contributed by atoms with van der Waals surface area (Å²) < 4.78 is 10.4. The van der Waals surface area contributed by atoms with E-state index < -0.39 is 0 Å². The van der Waals surface area contributed by atoms with E-state index in [0.717, 1.165) is 32.0 Å². The number of hydrogen-bond acceptors (Lipinski definition) is 6. The number of aryl methyl sites for hydroxylation is 1. The minimum Gasteiger partial charge on any atom is -0.461 e. The van der Waals surface area contributed by atoms with E-state index in [1.165, 1.54) is 12.8 Å². The zero-order chi connectivity index (χ0) is 16.4. The lowest BCUT2D eigenvalue weighted by atomic mass is 10.0. The summed E-state index contributed by atoms with van der Waals surface area (Å²) in [7, 11) is 0. The molecule has 2 aliphatic rings. The van der Waals surface area contributed by atoms with Crippen molar-refractivity contribution in [3.05, 3.63) is 24.3 Å². The van der Waals surface area contributed by atoms with Crippen molar-refractivity contribution in [2.24, 2.45) is 0 Å². The lowest BCUT2D eigenvalue weighted by molar-refractivity contribution is -0.122. The molecule has 0 unspecified atom stereocenters. The molecule has 2 aromatic heterocycles. The van der Waals surface area contributed by atoms with Gasteiger partial charge in [-0.15, -0.1) is 0 Å². The molecule has 1 amide bonds. The molecule has 1 aliphatic carbocycles. The second kappa shape index (κ2) is 6.76. The van der Waals surface area contributed by atoms with Gasteiger partial charge in [0.1, 0.15) is 0 Å². The van der Waals surface area contributed by atoms with Gasteiger partial charge in [-0.05, 0) is 37.8 Å². The molecule has 24 heavy (non-hydrogen) atoms. The lowest BCUT2D eigenvalue weighted by Crippen LogP contribution is -2.45. The van der Waals surface area contributed by atoms with E-state index >= 15 is 0 Å². The number of nitrogens with one attached hydrogen (secondary N) is 1. The van der Waals surface area contributed by atoms with Crippen molar-refractivity contribution in [2.45, 2.75) is 50.6 Å². The molecule has 7 nitrogen and oxygen atoms in total. The lowest BCUT2D eigenvalue weighted by Gasteiger charge is -2.32. The van der Waals surface area contributed by atoms with Gasteiger partial charge in [-0.1, -0.05) is 5.16 Å². The van der Waals surface area contributed by atoms with Gasteiger partial charge in [-0.25, -0.2) is 0 Å². The smallest absolute Gasteiger partial charge is 0.238 e. The minimum atomic E-state index is 0.0534. The second-order valence-corrected chi connectivity index (χ2v) is 6.60. The van der Waals surface area contributed by atoms with Crippen LogP contribution in [0.1, 0.15) is 38.0 Å². The number of likely N-dealkylation sites (tertiary alicyclic amines) is 1. The third-order valence-electron chi connectivity index (χ3n) is 4.73. The maximum atomic E-state index is 12.1. The molecule has 128 valence electrons. The number of aromatic nitrogens is 2. The number of carbonyl (C=O) groups excluding carboxylic acids is 1. The standard InChI is InChI=1S/C17H22N4O3/c22-15(18-12-7-9-21(10-8-12)13-3-4-13)5-6-16-19-17(20-24-16)14-2-1-11-23-14/h1-2,11-13H,3-10H2,(H,18,22). The van der Waals surface area contributed by atoms with Crippen LogP contribution in [0.5, 0.6) is 0 Å². The number of amides is 1. The Bertz CT molecular complexity index is 670. The quantitative estimate of drug-likeness (QED) is 0.872. The molecule has 0 atom stereocenters. The molecule has 3 heterocycles. The fourth-order valence-corrected chi connectivity index (χ4v) is 3.23. The predicted molar refractivity (Wildman–Crippen MR) is 86.1 cm³/mol. The average molecular weight is 330 g/mol. The van der Waals surface area contributed by atoms with Crippen LogP contribution >= 0.6 is 0 Å². The molecule has 7 heteroatoms. The molecule has 2 fully saturated rings. The average Bonchev–Trinajstić information content (AvgIpc) is 3.11. The Morgan fingerprint density at radius 1 is 1.29 bits per heavy atom. The van der Waals surface area contributed by atoms with Crippen molar-refractivity contribution in [2.75, 3.05) is 13.1 Å². The summed E-state index contributed by atoms with van der Waals surface area (Å²) in [6.07, 6.45) is 7.16. The highest BCUT2D eigenvalue weighted by Gasteiger charge is 2.32. The fraction of sp³-hybridized carbons (Fsp3) is 0.588. The first kappa shape index (κ1) is 15.4. The van der Waals surface area contributed by atoms with Crippen LogP contribution in [0.3, 0.4) is 0 Å². The number of hydrogen-bond donors (Lipinski definition) is 1. The zero-order valence-corrected chi connectivity index (χ0v) is 13.6. The Balaban J connectivity index is 1.21. The normalized spacial score (nSPS) is 19.5. The number of nitrogens with zero attached hydrogens (tertiary/aromatic N) is 3. The van der Waals surface area contributed by atoms with Crippen LogP contribution in [0.4, 0.5) is 0 Å². The van der Waals surface area contributed by atoms with Gasteiger partial charge in [0.15, 0.2) is 5.76 Å². The van der Waals surface area contributed by atoms with E-state index in [-0.39, 0.29) is 5.91 Å². The van der Waals surface area contributed by atoms with Crippen LogP contribution in [0.2, 0.25) is 0 Å². The predicted octanol–water partition coefficient (Wildman–Crippen LogP) is 2.01. The third kappa shape index (κ3) is 3.67. The van der Waals surface area contributed by atoms with Crippen molar-refractivity contribution in [3.63, 3.8) is 0 Å². The van der Waals surface area contributed by atoms with Crippen LogP contribution in [-0.4, -0.2) is 46.1 Å². The van der Waals surface area contributed by atoms with E-state index in [9.17, 15) is 4.79 Å². The van der Waals surface area contributed by atoms with E-state index in [1.54, 1.807) is 18.4 Å². The number of piperidine rings is 1. The minimum absolute atomic E-state index is 0.0534. The van der Waals surface area contributed by atoms with E-state index in [1.807, 2.05) is 0 Å². The van der Waals surface area contributed by atoms with E-state index in [0.29, 0.717) is 36.4 Å². The van der Waals surface area contributed by atoms with Crippen molar-refractivity contribution >= 4 is 5.91 Å². The summed E-state index contributed by atoms with van der Waals surface area (Å²) in [4.78, 5) is 18.9. The molecule has 1 aliphatic heterocycles. The Morgan fingerprint density at radius 3 is 2.83 bits per heavy atom. The van der Waals surface area contributed by atoms with Crippen LogP contribution in [0, 0.1) is 0 Å². The van der Waals surface area contributed by atoms with Crippen LogP contribution in [0.25, 0.3) is 11.6 Å². The molecule has 4 rings (SSSR count). The Hall–Kier alpha value is -2.15. The van der Waals surface area contributed by atoms with E-state index in [2.05, 4.69) is 20.4 Å². The summed E-state index contributed by atoms with van der Waals surface area (Å²) in [5.74, 6) is 1.50. The summed E-state index contributed by atoms with van der Waals surface area (Å²) in [6, 6.07) is 4.67. The van der Waals surface area contributed by atoms with Gasteiger partial charge in [-0.3, -0.25) is 4.79 Å². The highest BCUT2D eigenvalue weighted by Crippen LogP contribution is 2.29. The first-order valence-electron chi connectivity index (χ1n) is 8.68. The van der Waals surface area contributed by atoms with Crippen LogP contribution < -0.4 is 5.32 Å². The SMILES string of the molecule is O=C(CCc1nc(-c2ccco2)no1)NC1CCN(C2CC2)CC1. The zero-order valence-electron chi connectivity index (χ0n) is 13.6. The monoisotopic (exact) mass is 330 g/mol. The Morgan fingerprint density at radius 2 is 2.12 bits per heavy atom. The fourth-order valence-electron chi connectivity index (χ4n) is 3.23. The Kier molecular flexibility index (Phi) is 4.34. The molecule has 2 aromatic rings. The van der Waals surface area contributed by atoms with Gasteiger partial charge in [0.2, 0.25) is 17.6 Å². The maximum absolute atomic E-state index is 12.1. The van der Waals surface area contributed by atoms with Crippen LogP contribution in [-0.2, 0) is 11.2 Å².